The predicted octanol–water partition coefficient (Wildman–Crippen LogP) is 0.399. The molecule has 0 heterocycles. The van der Waals surface area contributed by atoms with Crippen molar-refractivity contribution in [1.82, 2.24) is 21.3 Å². The van der Waals surface area contributed by atoms with Crippen LogP contribution in [0.1, 0.15) is 30.9 Å². The first-order valence-electron chi connectivity index (χ1n) is 12.4. The molecule has 4 amide bonds. The molecule has 2 aromatic carbocycles. The number of alkyl carbamates (subject to hydrolysis) is 1. The fourth-order valence-corrected chi connectivity index (χ4v) is 3.46. The highest BCUT2D eigenvalue weighted by Gasteiger charge is 2.28. The summed E-state index contributed by atoms with van der Waals surface area (Å²) in [5.74, 6) is -3.40. The van der Waals surface area contributed by atoms with E-state index in [1.165, 1.54) is 19.1 Å². The normalized spacial score (nSPS) is 12.6. The summed E-state index contributed by atoms with van der Waals surface area (Å²) in [5.41, 5.74) is 1.31. The fraction of sp³-hybridized carbons (Fsp3) is 0.333. The summed E-state index contributed by atoms with van der Waals surface area (Å²) in [4.78, 5) is 72.3. The number of carbonyl (C=O) groups is 6. The molecule has 2 rings (SSSR count). The maximum absolute atomic E-state index is 12.9. The quantitative estimate of drug-likeness (QED) is 0.168. The Hall–Kier alpha value is -4.94. The molecule has 40 heavy (non-hydrogen) atoms. The molecule has 0 spiro atoms. The van der Waals surface area contributed by atoms with Crippen molar-refractivity contribution >= 4 is 36.1 Å². The van der Waals surface area contributed by atoms with Crippen molar-refractivity contribution in [3.63, 3.8) is 0 Å². The summed E-state index contributed by atoms with van der Waals surface area (Å²) in [7, 11) is 0. The molecule has 2 aromatic rings. The average Bonchev–Trinajstić information content (AvgIpc) is 2.93. The lowest BCUT2D eigenvalue weighted by Gasteiger charge is -2.23. The van der Waals surface area contributed by atoms with E-state index in [4.69, 9.17) is 9.84 Å². The number of amides is 4. The molecule has 13 nitrogen and oxygen atoms in total. The van der Waals surface area contributed by atoms with Crippen LogP contribution in [0.25, 0.3) is 0 Å². The number of aldehydes is 1. The van der Waals surface area contributed by atoms with Crippen molar-refractivity contribution in [2.75, 3.05) is 6.54 Å². The Kier molecular flexibility index (Phi) is 12.6. The van der Waals surface area contributed by atoms with Gasteiger partial charge in [0.1, 0.15) is 36.8 Å². The summed E-state index contributed by atoms with van der Waals surface area (Å²) in [6.07, 6.45) is -1.16. The molecule has 0 aliphatic rings. The lowest BCUT2D eigenvalue weighted by molar-refractivity contribution is -0.137. The highest BCUT2D eigenvalue weighted by atomic mass is 16.5. The summed E-state index contributed by atoms with van der Waals surface area (Å²) >= 11 is 0. The van der Waals surface area contributed by atoms with Gasteiger partial charge in [0.15, 0.2) is 0 Å². The monoisotopic (exact) mass is 556 g/mol. The van der Waals surface area contributed by atoms with Crippen LogP contribution in [-0.2, 0) is 41.7 Å². The van der Waals surface area contributed by atoms with Gasteiger partial charge in [0.2, 0.25) is 17.7 Å². The Morgan fingerprint density at radius 1 is 0.850 bits per heavy atom. The number of phenols is 1. The van der Waals surface area contributed by atoms with Crippen LogP contribution in [0.4, 0.5) is 4.79 Å². The number of aromatic hydroxyl groups is 1. The zero-order valence-electron chi connectivity index (χ0n) is 21.8. The number of ether oxygens (including phenoxy) is 1. The largest absolute Gasteiger partial charge is 0.508 e. The molecule has 214 valence electrons. The number of hydrogen-bond acceptors (Lipinski definition) is 8. The van der Waals surface area contributed by atoms with Crippen LogP contribution in [-0.4, -0.2) is 71.0 Å². The molecule has 0 bridgehead atoms. The molecule has 0 saturated carbocycles. The molecular weight excluding hydrogens is 524 g/mol. The fourth-order valence-electron chi connectivity index (χ4n) is 3.46. The van der Waals surface area contributed by atoms with Gasteiger partial charge in [-0.25, -0.2) is 4.79 Å². The number of carbonyl (C=O) groups excluding carboxylic acids is 5. The van der Waals surface area contributed by atoms with Crippen LogP contribution < -0.4 is 21.3 Å². The van der Waals surface area contributed by atoms with E-state index in [0.29, 0.717) is 17.4 Å². The SMILES string of the molecule is C[C@H](NC(=O)[C@H](CCC(=O)O)NC(=O)OCc1ccccc1)C(=O)N[C@@H](Cc1ccc(O)cc1)C(=O)NCC=O. The predicted molar refractivity (Wildman–Crippen MR) is 141 cm³/mol. The molecule has 0 saturated heterocycles. The van der Waals surface area contributed by atoms with E-state index in [1.54, 1.807) is 42.5 Å². The summed E-state index contributed by atoms with van der Waals surface area (Å²) in [5, 5.41) is 28.1. The minimum absolute atomic E-state index is 0.0149. The van der Waals surface area contributed by atoms with E-state index in [2.05, 4.69) is 21.3 Å². The molecule has 0 unspecified atom stereocenters. The van der Waals surface area contributed by atoms with Crippen LogP contribution >= 0.6 is 0 Å². The van der Waals surface area contributed by atoms with E-state index in [1.807, 2.05) is 0 Å². The Morgan fingerprint density at radius 2 is 1.52 bits per heavy atom. The van der Waals surface area contributed by atoms with Gasteiger partial charge in [0, 0.05) is 12.8 Å². The molecule has 0 aliphatic heterocycles. The van der Waals surface area contributed by atoms with Gasteiger partial charge in [-0.3, -0.25) is 19.2 Å². The average molecular weight is 557 g/mol. The van der Waals surface area contributed by atoms with Gasteiger partial charge in [-0.1, -0.05) is 42.5 Å². The van der Waals surface area contributed by atoms with Gasteiger partial charge in [-0.05, 0) is 36.6 Å². The number of carboxylic acid groups (broad SMARTS) is 1. The first-order chi connectivity index (χ1) is 19.1. The van der Waals surface area contributed by atoms with Gasteiger partial charge in [0.25, 0.3) is 0 Å². The highest BCUT2D eigenvalue weighted by molar-refractivity contribution is 5.94. The Morgan fingerprint density at radius 3 is 2.15 bits per heavy atom. The van der Waals surface area contributed by atoms with E-state index < -0.39 is 54.3 Å². The molecule has 0 radical (unpaired) electrons. The van der Waals surface area contributed by atoms with Gasteiger partial charge >= 0.3 is 12.1 Å². The summed E-state index contributed by atoms with van der Waals surface area (Å²) in [6, 6.07) is 11.1. The number of benzene rings is 2. The minimum atomic E-state index is -1.32. The molecule has 13 heteroatoms. The highest BCUT2D eigenvalue weighted by Crippen LogP contribution is 2.12. The number of hydrogen-bond donors (Lipinski definition) is 6. The third kappa shape index (κ3) is 11.2. The van der Waals surface area contributed by atoms with Gasteiger partial charge in [-0.2, -0.15) is 0 Å². The van der Waals surface area contributed by atoms with Crippen LogP contribution in [0, 0.1) is 0 Å². The second kappa shape index (κ2) is 16.1. The second-order valence-corrected chi connectivity index (χ2v) is 8.76. The van der Waals surface area contributed by atoms with Crippen molar-refractivity contribution in [1.29, 1.82) is 0 Å². The maximum atomic E-state index is 12.9. The van der Waals surface area contributed by atoms with Crippen LogP contribution in [0.5, 0.6) is 5.75 Å². The van der Waals surface area contributed by atoms with E-state index in [-0.39, 0.29) is 31.7 Å². The van der Waals surface area contributed by atoms with E-state index in [9.17, 15) is 33.9 Å². The van der Waals surface area contributed by atoms with E-state index >= 15 is 0 Å². The van der Waals surface area contributed by atoms with Crippen molar-refractivity contribution in [3.8, 4) is 5.75 Å². The lowest BCUT2D eigenvalue weighted by atomic mass is 10.0. The smallest absolute Gasteiger partial charge is 0.408 e. The van der Waals surface area contributed by atoms with Crippen LogP contribution in [0.3, 0.4) is 0 Å². The van der Waals surface area contributed by atoms with Crippen molar-refractivity contribution in [2.24, 2.45) is 0 Å². The third-order valence-electron chi connectivity index (χ3n) is 5.59. The number of nitrogens with one attached hydrogen (secondary N) is 4. The number of rotatable bonds is 15. The van der Waals surface area contributed by atoms with Crippen molar-refractivity contribution in [2.45, 2.75) is 50.9 Å². The van der Waals surface area contributed by atoms with E-state index in [0.717, 1.165) is 0 Å². The summed E-state index contributed by atoms with van der Waals surface area (Å²) < 4.78 is 5.10. The lowest BCUT2D eigenvalue weighted by Crippen LogP contribution is -2.56. The van der Waals surface area contributed by atoms with Crippen LogP contribution in [0.15, 0.2) is 54.6 Å². The minimum Gasteiger partial charge on any atom is -0.508 e. The maximum Gasteiger partial charge on any atom is 0.408 e. The number of phenolic OH excluding ortho intramolecular Hbond substituents is 1. The summed E-state index contributed by atoms with van der Waals surface area (Å²) in [6.45, 7) is 0.994. The molecular formula is C27H32N4O9. The van der Waals surface area contributed by atoms with Gasteiger partial charge in [-0.15, -0.1) is 0 Å². The Bertz CT molecular complexity index is 1170. The Labute approximate surface area is 230 Å². The molecule has 3 atom stereocenters. The third-order valence-corrected chi connectivity index (χ3v) is 5.59. The molecule has 6 N–H and O–H groups in total. The van der Waals surface area contributed by atoms with Gasteiger partial charge in [0.05, 0.1) is 6.54 Å². The molecule has 0 fully saturated rings. The molecule has 0 aliphatic carbocycles. The first kappa shape index (κ1) is 31.3. The standard InChI is InChI=1S/C27H32N4O9/c1-17(24(36)30-22(25(37)28-13-14-32)15-18-7-9-20(33)10-8-18)29-26(38)21(11-12-23(34)35)31-27(39)40-16-19-5-3-2-4-6-19/h2-10,14,17,21-22,33H,11-13,15-16H2,1H3,(H,28,37)(H,29,38)(H,30,36)(H,31,39)(H,34,35)/t17-,21-,22-/m0/s1. The number of aliphatic carboxylic acids is 1. The molecule has 0 aromatic heterocycles. The first-order valence-corrected chi connectivity index (χ1v) is 12.4. The van der Waals surface area contributed by atoms with Crippen molar-refractivity contribution in [3.05, 3.63) is 65.7 Å². The second-order valence-electron chi connectivity index (χ2n) is 8.76. The number of carboxylic acids is 1. The zero-order chi connectivity index (χ0) is 29.5. The zero-order valence-corrected chi connectivity index (χ0v) is 21.8. The van der Waals surface area contributed by atoms with Gasteiger partial charge < -0.3 is 41.0 Å². The van der Waals surface area contributed by atoms with Crippen LogP contribution in [0.2, 0.25) is 0 Å². The Balaban J connectivity index is 2.03. The van der Waals surface area contributed by atoms with Crippen molar-refractivity contribution < 1.29 is 43.7 Å². The topological polar surface area (TPSA) is 200 Å².